The van der Waals surface area contributed by atoms with Crippen LogP contribution in [-0.4, -0.2) is 36.6 Å². The number of piperidine rings is 1. The SMILES string of the molecule is CCCNCC1CCCN(C)C1c1ncc(Br)cc1Br. The standard InChI is InChI=1S/C15H23Br2N3/c1-3-6-18-9-11-5-4-7-20(2)15(11)14-13(17)8-12(16)10-19-14/h8,10-11,15,18H,3-7,9H2,1-2H3. The van der Waals surface area contributed by atoms with Crippen LogP contribution in [0.1, 0.15) is 37.9 Å². The molecule has 1 aromatic heterocycles. The molecule has 20 heavy (non-hydrogen) atoms. The molecule has 0 aliphatic carbocycles. The number of rotatable bonds is 5. The Morgan fingerprint density at radius 1 is 1.45 bits per heavy atom. The number of halogens is 2. The Balaban J connectivity index is 2.18. The maximum atomic E-state index is 4.67. The van der Waals surface area contributed by atoms with Gasteiger partial charge in [-0.2, -0.15) is 0 Å². The Morgan fingerprint density at radius 3 is 2.95 bits per heavy atom. The molecule has 0 saturated carbocycles. The van der Waals surface area contributed by atoms with E-state index in [0.29, 0.717) is 12.0 Å². The Labute approximate surface area is 138 Å². The van der Waals surface area contributed by atoms with Crippen LogP contribution in [0.3, 0.4) is 0 Å². The lowest BCUT2D eigenvalue weighted by Gasteiger charge is -2.39. The average Bonchev–Trinajstić information content (AvgIpc) is 2.41. The van der Waals surface area contributed by atoms with Gasteiger partial charge in [0.2, 0.25) is 0 Å². The van der Waals surface area contributed by atoms with Crippen molar-refractivity contribution in [1.82, 2.24) is 15.2 Å². The minimum Gasteiger partial charge on any atom is -0.316 e. The van der Waals surface area contributed by atoms with Crippen molar-refractivity contribution in [1.29, 1.82) is 0 Å². The fourth-order valence-electron chi connectivity index (χ4n) is 3.01. The summed E-state index contributed by atoms with van der Waals surface area (Å²) in [6.07, 6.45) is 5.64. The first kappa shape index (κ1) is 16.4. The molecule has 1 fully saturated rings. The molecule has 1 N–H and O–H groups in total. The number of hydrogen-bond acceptors (Lipinski definition) is 3. The van der Waals surface area contributed by atoms with Crippen LogP contribution in [-0.2, 0) is 0 Å². The molecule has 0 aromatic carbocycles. The van der Waals surface area contributed by atoms with Crippen molar-refractivity contribution in [2.45, 2.75) is 32.2 Å². The molecule has 1 saturated heterocycles. The topological polar surface area (TPSA) is 28.2 Å². The second kappa shape index (κ2) is 7.87. The van der Waals surface area contributed by atoms with E-state index in [-0.39, 0.29) is 0 Å². The molecule has 3 nitrogen and oxygen atoms in total. The molecule has 0 spiro atoms. The maximum absolute atomic E-state index is 4.67. The fourth-order valence-corrected chi connectivity index (χ4v) is 4.23. The lowest BCUT2D eigenvalue weighted by atomic mass is 9.87. The van der Waals surface area contributed by atoms with E-state index in [1.165, 1.54) is 25.0 Å². The zero-order valence-electron chi connectivity index (χ0n) is 12.2. The summed E-state index contributed by atoms with van der Waals surface area (Å²) >= 11 is 7.16. The van der Waals surface area contributed by atoms with E-state index in [4.69, 9.17) is 0 Å². The van der Waals surface area contributed by atoms with E-state index in [9.17, 15) is 0 Å². The summed E-state index contributed by atoms with van der Waals surface area (Å²) in [7, 11) is 2.22. The molecule has 112 valence electrons. The third kappa shape index (κ3) is 4.03. The third-order valence-corrected chi connectivity index (χ3v) is 5.03. The molecular weight excluding hydrogens is 382 g/mol. The van der Waals surface area contributed by atoms with Gasteiger partial charge >= 0.3 is 0 Å². The van der Waals surface area contributed by atoms with E-state index in [1.807, 2.05) is 6.20 Å². The van der Waals surface area contributed by atoms with Crippen molar-refractivity contribution in [3.8, 4) is 0 Å². The van der Waals surface area contributed by atoms with Crippen molar-refractivity contribution in [2.24, 2.45) is 5.92 Å². The van der Waals surface area contributed by atoms with Crippen molar-refractivity contribution >= 4 is 31.9 Å². The van der Waals surface area contributed by atoms with Gasteiger partial charge in [0, 0.05) is 15.1 Å². The maximum Gasteiger partial charge on any atom is 0.0721 e. The summed E-state index contributed by atoms with van der Waals surface area (Å²) in [6, 6.07) is 2.50. The first-order chi connectivity index (χ1) is 9.63. The van der Waals surface area contributed by atoms with Gasteiger partial charge in [-0.05, 0) is 89.8 Å². The summed E-state index contributed by atoms with van der Waals surface area (Å²) in [4.78, 5) is 7.11. The summed E-state index contributed by atoms with van der Waals surface area (Å²) in [5.74, 6) is 0.630. The summed E-state index contributed by atoms with van der Waals surface area (Å²) in [5, 5.41) is 3.58. The van der Waals surface area contributed by atoms with E-state index in [2.05, 4.69) is 67.1 Å². The largest absolute Gasteiger partial charge is 0.316 e. The van der Waals surface area contributed by atoms with Crippen LogP contribution < -0.4 is 5.32 Å². The zero-order chi connectivity index (χ0) is 14.5. The molecule has 5 heteroatoms. The second-order valence-corrected chi connectivity index (χ2v) is 7.32. The number of nitrogens with zero attached hydrogens (tertiary/aromatic N) is 2. The van der Waals surface area contributed by atoms with Crippen molar-refractivity contribution < 1.29 is 0 Å². The number of pyridine rings is 1. The number of likely N-dealkylation sites (tertiary alicyclic amines) is 1. The zero-order valence-corrected chi connectivity index (χ0v) is 15.4. The summed E-state index contributed by atoms with van der Waals surface area (Å²) in [6.45, 7) is 5.54. The summed E-state index contributed by atoms with van der Waals surface area (Å²) < 4.78 is 2.12. The Morgan fingerprint density at radius 2 is 2.25 bits per heavy atom. The quantitative estimate of drug-likeness (QED) is 0.752. The van der Waals surface area contributed by atoms with Gasteiger partial charge in [0.25, 0.3) is 0 Å². The first-order valence-electron chi connectivity index (χ1n) is 7.35. The molecule has 0 amide bonds. The van der Waals surface area contributed by atoms with Crippen LogP contribution in [0, 0.1) is 5.92 Å². The van der Waals surface area contributed by atoms with E-state index >= 15 is 0 Å². The highest BCUT2D eigenvalue weighted by molar-refractivity contribution is 9.11. The Hall–Kier alpha value is 0.0300. The number of aromatic nitrogens is 1. The molecule has 2 rings (SSSR count). The van der Waals surface area contributed by atoms with Gasteiger partial charge in [-0.1, -0.05) is 6.92 Å². The monoisotopic (exact) mass is 403 g/mol. The molecular formula is C15H23Br2N3. The molecule has 2 atom stereocenters. The Kier molecular flexibility index (Phi) is 6.46. The predicted molar refractivity (Wildman–Crippen MR) is 90.9 cm³/mol. The minimum atomic E-state index is 0.399. The Bertz CT molecular complexity index is 439. The molecule has 1 aliphatic rings. The highest BCUT2D eigenvalue weighted by atomic mass is 79.9. The fraction of sp³-hybridized carbons (Fsp3) is 0.667. The van der Waals surface area contributed by atoms with Gasteiger partial charge < -0.3 is 5.32 Å². The molecule has 1 aromatic rings. The van der Waals surface area contributed by atoms with E-state index in [1.54, 1.807) is 0 Å². The van der Waals surface area contributed by atoms with Crippen molar-refractivity contribution in [2.75, 3.05) is 26.7 Å². The van der Waals surface area contributed by atoms with Gasteiger partial charge in [0.15, 0.2) is 0 Å². The second-order valence-electron chi connectivity index (χ2n) is 5.55. The lowest BCUT2D eigenvalue weighted by molar-refractivity contribution is 0.116. The van der Waals surface area contributed by atoms with Gasteiger partial charge in [0.1, 0.15) is 0 Å². The lowest BCUT2D eigenvalue weighted by Crippen LogP contribution is -2.41. The van der Waals surface area contributed by atoms with Gasteiger partial charge in [-0.15, -0.1) is 0 Å². The molecule has 2 heterocycles. The highest BCUT2D eigenvalue weighted by Crippen LogP contribution is 2.37. The van der Waals surface area contributed by atoms with Crippen LogP contribution in [0.4, 0.5) is 0 Å². The number of hydrogen-bond donors (Lipinski definition) is 1. The number of nitrogens with one attached hydrogen (secondary N) is 1. The van der Waals surface area contributed by atoms with E-state index in [0.717, 1.165) is 28.6 Å². The normalized spacial score (nSPS) is 24.0. The third-order valence-electron chi connectivity index (χ3n) is 3.96. The molecule has 2 unspecified atom stereocenters. The smallest absolute Gasteiger partial charge is 0.0721 e. The van der Waals surface area contributed by atoms with Crippen LogP contribution in [0.5, 0.6) is 0 Å². The van der Waals surface area contributed by atoms with Gasteiger partial charge in [0.05, 0.1) is 11.7 Å². The van der Waals surface area contributed by atoms with Gasteiger partial charge in [-0.3, -0.25) is 9.88 Å². The van der Waals surface area contributed by atoms with Crippen LogP contribution in [0.25, 0.3) is 0 Å². The van der Waals surface area contributed by atoms with Crippen LogP contribution >= 0.6 is 31.9 Å². The molecule has 1 aliphatic heterocycles. The minimum absolute atomic E-state index is 0.399. The van der Waals surface area contributed by atoms with E-state index < -0.39 is 0 Å². The molecule has 0 bridgehead atoms. The summed E-state index contributed by atoms with van der Waals surface area (Å²) in [5.41, 5.74) is 1.17. The highest BCUT2D eigenvalue weighted by Gasteiger charge is 2.32. The predicted octanol–water partition coefficient (Wildman–Crippen LogP) is 3.99. The first-order valence-corrected chi connectivity index (χ1v) is 8.94. The van der Waals surface area contributed by atoms with Crippen LogP contribution in [0.15, 0.2) is 21.2 Å². The van der Waals surface area contributed by atoms with Crippen molar-refractivity contribution in [3.63, 3.8) is 0 Å². The van der Waals surface area contributed by atoms with Crippen molar-refractivity contribution in [3.05, 3.63) is 26.9 Å². The average molecular weight is 405 g/mol. The van der Waals surface area contributed by atoms with Crippen LogP contribution in [0.2, 0.25) is 0 Å². The van der Waals surface area contributed by atoms with Gasteiger partial charge in [-0.25, -0.2) is 0 Å². The molecule has 0 radical (unpaired) electrons.